The molecule has 0 aromatic rings. The molecule has 0 radical (unpaired) electrons. The second kappa shape index (κ2) is 5.35. The topological polar surface area (TPSA) is 122 Å². The van der Waals surface area contributed by atoms with Crippen LogP contribution < -0.4 is 9.44 Å². The van der Waals surface area contributed by atoms with Gasteiger partial charge in [-0.15, -0.1) is 0 Å². The highest BCUT2D eigenvalue weighted by molar-refractivity contribution is 8.12. The maximum atomic E-state index is 11.5. The van der Waals surface area contributed by atoms with Gasteiger partial charge in [-0.1, -0.05) is 0 Å². The van der Waals surface area contributed by atoms with Crippen LogP contribution >= 0.6 is 10.7 Å². The predicted molar refractivity (Wildman–Crippen MR) is 57.8 cm³/mol. The van der Waals surface area contributed by atoms with Crippen LogP contribution in [0.4, 0.5) is 4.79 Å². The third-order valence-electron chi connectivity index (χ3n) is 1.75. The fourth-order valence-electron chi connectivity index (χ4n) is 1.10. The van der Waals surface area contributed by atoms with Crippen LogP contribution in [0.15, 0.2) is 0 Å². The van der Waals surface area contributed by atoms with Gasteiger partial charge >= 0.3 is 25.5 Å². The van der Waals surface area contributed by atoms with Crippen molar-refractivity contribution in [2.45, 2.75) is 0 Å². The molecule has 0 saturated carbocycles. The highest BCUT2D eigenvalue weighted by Crippen LogP contribution is 2.02. The quantitative estimate of drug-likeness (QED) is 0.602. The van der Waals surface area contributed by atoms with Crippen molar-refractivity contribution in [3.05, 3.63) is 0 Å². The summed E-state index contributed by atoms with van der Waals surface area (Å²) in [4.78, 5) is 11.0. The van der Waals surface area contributed by atoms with Crippen molar-refractivity contribution in [2.75, 3.05) is 26.3 Å². The lowest BCUT2D eigenvalue weighted by Crippen LogP contribution is -2.51. The average Bonchev–Trinajstić information content (AvgIpc) is 2.15. The number of nitrogens with zero attached hydrogens (tertiary/aromatic N) is 1. The first-order valence-corrected chi connectivity index (χ1v) is 8.08. The third kappa shape index (κ3) is 5.04. The SMILES string of the molecule is O=C(NS(=O)(=O)Cl)NS(=O)(=O)N1CCOCC1. The van der Waals surface area contributed by atoms with Gasteiger partial charge in [0.2, 0.25) is 0 Å². The van der Waals surface area contributed by atoms with E-state index in [1.165, 1.54) is 9.44 Å². The lowest BCUT2D eigenvalue weighted by atomic mass is 10.5. The molecule has 9 nitrogen and oxygen atoms in total. The van der Waals surface area contributed by atoms with Gasteiger partial charge < -0.3 is 4.74 Å². The van der Waals surface area contributed by atoms with Gasteiger partial charge in [0, 0.05) is 23.8 Å². The van der Waals surface area contributed by atoms with Crippen LogP contribution in [0.3, 0.4) is 0 Å². The van der Waals surface area contributed by atoms with Gasteiger partial charge in [-0.25, -0.2) is 14.2 Å². The molecule has 12 heteroatoms. The number of carbonyl (C=O) groups is 1. The number of hydrogen-bond acceptors (Lipinski definition) is 6. The Morgan fingerprint density at radius 2 is 1.65 bits per heavy atom. The fraction of sp³-hybridized carbons (Fsp3) is 0.800. The summed E-state index contributed by atoms with van der Waals surface area (Å²) in [6.45, 7) is 0.569. The molecule has 1 fully saturated rings. The highest BCUT2D eigenvalue weighted by atomic mass is 35.7. The summed E-state index contributed by atoms with van der Waals surface area (Å²) in [6.07, 6.45) is 0. The van der Waals surface area contributed by atoms with Gasteiger partial charge in [0.25, 0.3) is 0 Å². The number of morpholine rings is 1. The Hall–Kier alpha value is -0.620. The first kappa shape index (κ1) is 14.4. The summed E-state index contributed by atoms with van der Waals surface area (Å²) in [5.74, 6) is 0. The van der Waals surface area contributed by atoms with E-state index in [4.69, 9.17) is 15.4 Å². The van der Waals surface area contributed by atoms with E-state index >= 15 is 0 Å². The minimum atomic E-state index is -4.32. The molecular formula is C5H10ClN3O6S2. The Balaban J connectivity index is 2.63. The number of halogens is 1. The van der Waals surface area contributed by atoms with E-state index < -0.39 is 25.5 Å². The Morgan fingerprint density at radius 3 is 2.12 bits per heavy atom. The third-order valence-corrected chi connectivity index (χ3v) is 3.90. The fourth-order valence-corrected chi connectivity index (χ4v) is 2.69. The van der Waals surface area contributed by atoms with Gasteiger partial charge in [0.15, 0.2) is 0 Å². The zero-order chi connectivity index (χ0) is 13.1. The number of nitrogens with one attached hydrogen (secondary N) is 2. The lowest BCUT2D eigenvalue weighted by molar-refractivity contribution is 0.0726. The Labute approximate surface area is 103 Å². The zero-order valence-electron chi connectivity index (χ0n) is 8.42. The minimum absolute atomic E-state index is 0.0796. The van der Waals surface area contributed by atoms with Crippen LogP contribution in [-0.4, -0.2) is 53.5 Å². The monoisotopic (exact) mass is 307 g/mol. The van der Waals surface area contributed by atoms with E-state index in [9.17, 15) is 21.6 Å². The molecule has 2 N–H and O–H groups in total. The summed E-state index contributed by atoms with van der Waals surface area (Å²) in [7, 11) is -3.70. The summed E-state index contributed by atoms with van der Waals surface area (Å²) in [5.41, 5.74) is 0. The number of carbonyl (C=O) groups excluding carboxylic acids is 1. The minimum Gasteiger partial charge on any atom is -0.379 e. The molecule has 0 unspecified atom stereocenters. The summed E-state index contributed by atoms with van der Waals surface area (Å²) in [5, 5.41) is 0. The summed E-state index contributed by atoms with van der Waals surface area (Å²) < 4.78 is 52.7. The van der Waals surface area contributed by atoms with E-state index in [1.54, 1.807) is 0 Å². The predicted octanol–water partition coefficient (Wildman–Crippen LogP) is -1.65. The summed E-state index contributed by atoms with van der Waals surface area (Å²) >= 11 is 0. The number of amides is 2. The van der Waals surface area contributed by atoms with E-state index in [1.807, 2.05) is 0 Å². The van der Waals surface area contributed by atoms with Crippen LogP contribution in [0.5, 0.6) is 0 Å². The first-order chi connectivity index (χ1) is 7.71. The smallest absolute Gasteiger partial charge is 0.344 e. The number of hydrogen-bond donors (Lipinski definition) is 2. The summed E-state index contributed by atoms with van der Waals surface area (Å²) in [6, 6.07) is -1.44. The van der Waals surface area contributed by atoms with Crippen molar-refractivity contribution in [3.63, 3.8) is 0 Å². The van der Waals surface area contributed by atoms with Crippen LogP contribution in [0, 0.1) is 0 Å². The van der Waals surface area contributed by atoms with E-state index in [0.29, 0.717) is 0 Å². The second-order valence-electron chi connectivity index (χ2n) is 2.99. The number of urea groups is 1. The van der Waals surface area contributed by atoms with E-state index in [-0.39, 0.29) is 26.3 Å². The van der Waals surface area contributed by atoms with Crippen molar-refractivity contribution in [3.8, 4) is 0 Å². The molecule has 0 bridgehead atoms. The maximum absolute atomic E-state index is 11.5. The molecule has 0 spiro atoms. The second-order valence-corrected chi connectivity index (χ2v) is 6.96. The largest absolute Gasteiger partial charge is 0.379 e. The molecule has 0 aliphatic carbocycles. The van der Waals surface area contributed by atoms with Gasteiger partial charge in [-0.2, -0.15) is 21.1 Å². The van der Waals surface area contributed by atoms with Gasteiger partial charge in [-0.3, -0.25) is 0 Å². The van der Waals surface area contributed by atoms with Crippen LogP contribution in [0.2, 0.25) is 0 Å². The van der Waals surface area contributed by atoms with Crippen molar-refractivity contribution in [1.82, 2.24) is 13.7 Å². The molecule has 1 heterocycles. The van der Waals surface area contributed by atoms with Gasteiger partial charge in [-0.05, 0) is 0 Å². The van der Waals surface area contributed by atoms with Crippen molar-refractivity contribution in [1.29, 1.82) is 0 Å². The standard InChI is InChI=1S/C5H10ClN3O6S2/c6-16(11,12)7-5(10)8-17(13,14)9-1-3-15-4-2-9/h1-4H2,(H2,7,8,10). The first-order valence-electron chi connectivity index (χ1n) is 4.33. The molecule has 17 heavy (non-hydrogen) atoms. The van der Waals surface area contributed by atoms with Crippen LogP contribution in [-0.2, 0) is 24.2 Å². The Morgan fingerprint density at radius 1 is 1.12 bits per heavy atom. The average molecular weight is 308 g/mol. The van der Waals surface area contributed by atoms with Gasteiger partial charge in [0.05, 0.1) is 13.2 Å². The van der Waals surface area contributed by atoms with E-state index in [0.717, 1.165) is 4.31 Å². The normalized spacial score (nSPS) is 18.6. The van der Waals surface area contributed by atoms with Crippen molar-refractivity contribution in [2.24, 2.45) is 0 Å². The maximum Gasteiger partial charge on any atom is 0.344 e. The molecular weight excluding hydrogens is 298 g/mol. The van der Waals surface area contributed by atoms with Crippen LogP contribution in [0.1, 0.15) is 0 Å². The molecule has 2 amide bonds. The Bertz CT molecular complexity index is 482. The van der Waals surface area contributed by atoms with Crippen molar-refractivity contribution >= 4 is 36.2 Å². The zero-order valence-corrected chi connectivity index (χ0v) is 10.8. The number of rotatable bonds is 3. The van der Waals surface area contributed by atoms with Gasteiger partial charge in [0.1, 0.15) is 0 Å². The molecule has 100 valence electrons. The van der Waals surface area contributed by atoms with Crippen LogP contribution in [0.25, 0.3) is 0 Å². The lowest BCUT2D eigenvalue weighted by Gasteiger charge is -2.25. The highest BCUT2D eigenvalue weighted by Gasteiger charge is 2.27. The molecule has 0 aromatic carbocycles. The Kier molecular flexibility index (Phi) is 4.55. The van der Waals surface area contributed by atoms with Crippen molar-refractivity contribution < 1.29 is 26.4 Å². The molecule has 1 rings (SSSR count). The molecule has 1 aliphatic rings. The van der Waals surface area contributed by atoms with E-state index in [2.05, 4.69) is 0 Å². The molecule has 0 atom stereocenters. The number of ether oxygens (including phenoxy) is 1. The molecule has 0 aromatic heterocycles. The molecule has 1 aliphatic heterocycles. The molecule has 1 saturated heterocycles.